The zero-order valence-electron chi connectivity index (χ0n) is 13.8. The molecule has 0 heterocycles. The Morgan fingerprint density at radius 3 is 2.32 bits per heavy atom. The van der Waals surface area contributed by atoms with E-state index in [9.17, 15) is 9.18 Å². The van der Waals surface area contributed by atoms with Crippen molar-refractivity contribution in [2.45, 2.75) is 45.3 Å². The first kappa shape index (κ1) is 18.6. The van der Waals surface area contributed by atoms with Gasteiger partial charge in [-0.05, 0) is 46.2 Å². The molecule has 0 aliphatic heterocycles. The van der Waals surface area contributed by atoms with Crippen LogP contribution in [0.1, 0.15) is 44.5 Å². The molecule has 5 heteroatoms. The molecule has 0 aromatic heterocycles. The molecule has 0 aliphatic carbocycles. The van der Waals surface area contributed by atoms with Crippen molar-refractivity contribution in [2.24, 2.45) is 0 Å². The third kappa shape index (κ3) is 7.00. The standard InChI is InChI=1S/C17H26FNO3/c1-16(2,22-13-18)10-11-21-17(3,4)12-19-15(20)14-8-6-5-7-9-14/h5-9H,10-13H2,1-4H3,(H,19,20). The molecule has 1 amide bonds. The first-order chi connectivity index (χ1) is 10.3. The quantitative estimate of drug-likeness (QED) is 0.761. The maximum atomic E-state index is 12.2. The van der Waals surface area contributed by atoms with E-state index in [1.807, 2.05) is 45.9 Å². The number of alkyl halides is 1. The number of ether oxygens (including phenoxy) is 2. The first-order valence-electron chi connectivity index (χ1n) is 7.43. The molecule has 0 atom stereocenters. The maximum absolute atomic E-state index is 12.2. The summed E-state index contributed by atoms with van der Waals surface area (Å²) < 4.78 is 23.0. The third-order valence-corrected chi connectivity index (χ3v) is 3.35. The van der Waals surface area contributed by atoms with Gasteiger partial charge >= 0.3 is 0 Å². The number of benzene rings is 1. The van der Waals surface area contributed by atoms with Crippen LogP contribution in [0.25, 0.3) is 0 Å². The van der Waals surface area contributed by atoms with Crippen molar-refractivity contribution in [3.63, 3.8) is 0 Å². The fourth-order valence-corrected chi connectivity index (χ4v) is 1.83. The molecule has 0 radical (unpaired) electrons. The summed E-state index contributed by atoms with van der Waals surface area (Å²) in [4.78, 5) is 12.0. The molecular formula is C17H26FNO3. The van der Waals surface area contributed by atoms with Crippen LogP contribution in [0.5, 0.6) is 0 Å². The lowest BCUT2D eigenvalue weighted by molar-refractivity contribution is -0.0939. The Morgan fingerprint density at radius 2 is 1.73 bits per heavy atom. The van der Waals surface area contributed by atoms with Gasteiger partial charge in [-0.15, -0.1) is 0 Å². The average Bonchev–Trinajstić information content (AvgIpc) is 2.45. The van der Waals surface area contributed by atoms with Crippen molar-refractivity contribution >= 4 is 5.91 Å². The molecule has 0 saturated heterocycles. The fraction of sp³-hybridized carbons (Fsp3) is 0.588. The van der Waals surface area contributed by atoms with E-state index < -0.39 is 18.1 Å². The SMILES string of the molecule is CC(C)(CCOC(C)(C)CNC(=O)c1ccccc1)OCF. The summed E-state index contributed by atoms with van der Waals surface area (Å²) in [7, 11) is 0. The number of nitrogens with one attached hydrogen (secondary N) is 1. The number of amides is 1. The number of rotatable bonds is 9. The van der Waals surface area contributed by atoms with Crippen LogP contribution < -0.4 is 5.32 Å². The van der Waals surface area contributed by atoms with Crippen molar-refractivity contribution in [1.82, 2.24) is 5.32 Å². The molecule has 0 fully saturated rings. The van der Waals surface area contributed by atoms with Crippen LogP contribution >= 0.6 is 0 Å². The van der Waals surface area contributed by atoms with Crippen LogP contribution in [0.2, 0.25) is 0 Å². The summed E-state index contributed by atoms with van der Waals surface area (Å²) in [6.07, 6.45) is 0.576. The first-order valence-corrected chi connectivity index (χ1v) is 7.43. The Hall–Kier alpha value is -1.46. The van der Waals surface area contributed by atoms with Crippen LogP contribution in [0.15, 0.2) is 30.3 Å². The third-order valence-electron chi connectivity index (χ3n) is 3.35. The van der Waals surface area contributed by atoms with Gasteiger partial charge in [-0.1, -0.05) is 18.2 Å². The zero-order chi connectivity index (χ0) is 16.6. The lowest BCUT2D eigenvalue weighted by atomic mass is 10.1. The Bertz CT molecular complexity index is 460. The van der Waals surface area contributed by atoms with Crippen molar-refractivity contribution in [2.75, 3.05) is 20.0 Å². The van der Waals surface area contributed by atoms with Crippen molar-refractivity contribution < 1.29 is 18.7 Å². The molecule has 0 saturated carbocycles. The lowest BCUT2D eigenvalue weighted by Gasteiger charge is -2.29. The second-order valence-electron chi connectivity index (χ2n) is 6.42. The van der Waals surface area contributed by atoms with E-state index >= 15 is 0 Å². The van der Waals surface area contributed by atoms with Crippen LogP contribution in [0.3, 0.4) is 0 Å². The van der Waals surface area contributed by atoms with Gasteiger partial charge in [0, 0.05) is 12.1 Å². The predicted molar refractivity (Wildman–Crippen MR) is 84.6 cm³/mol. The largest absolute Gasteiger partial charge is 0.374 e. The highest BCUT2D eigenvalue weighted by Crippen LogP contribution is 2.17. The molecule has 4 nitrogen and oxygen atoms in total. The summed E-state index contributed by atoms with van der Waals surface area (Å²) in [6, 6.07) is 9.04. The van der Waals surface area contributed by atoms with Gasteiger partial charge in [0.2, 0.25) is 0 Å². The molecule has 1 aromatic carbocycles. The minimum Gasteiger partial charge on any atom is -0.374 e. The molecule has 1 aromatic rings. The number of hydrogen-bond acceptors (Lipinski definition) is 3. The van der Waals surface area contributed by atoms with Gasteiger partial charge in [0.05, 0.1) is 17.8 Å². The number of halogens is 1. The fourth-order valence-electron chi connectivity index (χ4n) is 1.83. The second kappa shape index (κ2) is 8.25. The summed E-state index contributed by atoms with van der Waals surface area (Å²) in [5.41, 5.74) is -0.440. The van der Waals surface area contributed by atoms with Crippen molar-refractivity contribution in [3.8, 4) is 0 Å². The van der Waals surface area contributed by atoms with Gasteiger partial charge in [0.25, 0.3) is 5.91 Å². The number of carbonyl (C=O) groups is 1. The lowest BCUT2D eigenvalue weighted by Crippen LogP contribution is -2.41. The molecule has 1 rings (SSSR count). The monoisotopic (exact) mass is 311 g/mol. The van der Waals surface area contributed by atoms with E-state index in [0.717, 1.165) is 0 Å². The van der Waals surface area contributed by atoms with E-state index in [1.165, 1.54) is 0 Å². The second-order valence-corrected chi connectivity index (χ2v) is 6.42. The van der Waals surface area contributed by atoms with Crippen LogP contribution in [0.4, 0.5) is 4.39 Å². The van der Waals surface area contributed by atoms with Crippen molar-refractivity contribution in [3.05, 3.63) is 35.9 Å². The van der Waals surface area contributed by atoms with Gasteiger partial charge < -0.3 is 14.8 Å². The Kier molecular flexibility index (Phi) is 6.97. The molecule has 0 spiro atoms. The van der Waals surface area contributed by atoms with Crippen LogP contribution in [-0.2, 0) is 9.47 Å². The van der Waals surface area contributed by atoms with E-state index in [2.05, 4.69) is 5.32 Å². The van der Waals surface area contributed by atoms with E-state index in [4.69, 9.17) is 9.47 Å². The Labute approximate surface area is 132 Å². The smallest absolute Gasteiger partial charge is 0.251 e. The highest BCUT2D eigenvalue weighted by Gasteiger charge is 2.23. The summed E-state index contributed by atoms with van der Waals surface area (Å²) in [5.74, 6) is -0.127. The molecule has 0 aliphatic rings. The topological polar surface area (TPSA) is 47.6 Å². The molecular weight excluding hydrogens is 285 g/mol. The molecule has 1 N–H and O–H groups in total. The van der Waals surface area contributed by atoms with Gasteiger partial charge in [-0.25, -0.2) is 4.39 Å². The summed E-state index contributed by atoms with van der Waals surface area (Å²) in [5, 5.41) is 2.86. The Morgan fingerprint density at radius 1 is 1.09 bits per heavy atom. The maximum Gasteiger partial charge on any atom is 0.251 e. The zero-order valence-corrected chi connectivity index (χ0v) is 13.8. The number of hydrogen-bond donors (Lipinski definition) is 1. The molecule has 22 heavy (non-hydrogen) atoms. The highest BCUT2D eigenvalue weighted by atomic mass is 19.1. The van der Waals surface area contributed by atoms with E-state index in [0.29, 0.717) is 25.1 Å². The molecule has 124 valence electrons. The predicted octanol–water partition coefficient (Wildman–Crippen LogP) is 3.32. The van der Waals surface area contributed by atoms with Gasteiger partial charge in [-0.3, -0.25) is 4.79 Å². The molecule has 0 unspecified atom stereocenters. The minimum atomic E-state index is -0.802. The minimum absolute atomic E-state index is 0.127. The molecule has 0 bridgehead atoms. The van der Waals surface area contributed by atoms with Gasteiger partial charge in [0.15, 0.2) is 6.86 Å². The van der Waals surface area contributed by atoms with Crippen LogP contribution in [-0.4, -0.2) is 37.1 Å². The van der Waals surface area contributed by atoms with E-state index in [1.54, 1.807) is 12.1 Å². The van der Waals surface area contributed by atoms with E-state index in [-0.39, 0.29) is 5.91 Å². The summed E-state index contributed by atoms with van der Waals surface area (Å²) in [6.45, 7) is 7.47. The summed E-state index contributed by atoms with van der Waals surface area (Å²) >= 11 is 0. The van der Waals surface area contributed by atoms with Gasteiger partial charge in [-0.2, -0.15) is 0 Å². The van der Waals surface area contributed by atoms with Gasteiger partial charge in [0.1, 0.15) is 0 Å². The number of carbonyl (C=O) groups excluding carboxylic acids is 1. The van der Waals surface area contributed by atoms with Crippen LogP contribution in [0, 0.1) is 0 Å². The Balaban J connectivity index is 2.36. The normalized spacial score (nSPS) is 12.2. The van der Waals surface area contributed by atoms with Crippen molar-refractivity contribution in [1.29, 1.82) is 0 Å². The highest BCUT2D eigenvalue weighted by molar-refractivity contribution is 5.94. The average molecular weight is 311 g/mol.